The van der Waals surface area contributed by atoms with Crippen LogP contribution in [0.4, 0.5) is 10.1 Å². The van der Waals surface area contributed by atoms with Gasteiger partial charge in [0.25, 0.3) is 0 Å². The Kier molecular flexibility index (Phi) is 3.84. The number of anilines is 1. The molecule has 4 heteroatoms. The number of nitrogens with two attached hydrogens (primary N) is 1. The number of carbonyl (C=O) groups excluding carboxylic acids is 1. The first kappa shape index (κ1) is 12.9. The van der Waals surface area contributed by atoms with E-state index in [2.05, 4.69) is 6.92 Å². The molecular formula is C14H18FNO2. The highest BCUT2D eigenvalue weighted by atomic mass is 19.1. The van der Waals surface area contributed by atoms with Gasteiger partial charge in [0.15, 0.2) is 0 Å². The number of ether oxygens (including phenoxy) is 1. The molecule has 0 bridgehead atoms. The maximum Gasteiger partial charge on any atom is 0.338 e. The zero-order valence-corrected chi connectivity index (χ0v) is 10.5. The van der Waals surface area contributed by atoms with Crippen LogP contribution in [-0.4, -0.2) is 12.1 Å². The smallest absolute Gasteiger partial charge is 0.338 e. The van der Waals surface area contributed by atoms with E-state index in [0.29, 0.717) is 5.92 Å². The molecule has 1 aromatic rings. The largest absolute Gasteiger partial charge is 0.459 e. The lowest BCUT2D eigenvalue weighted by Gasteiger charge is -2.26. The molecule has 0 amide bonds. The van der Waals surface area contributed by atoms with E-state index in [1.165, 1.54) is 18.6 Å². The highest BCUT2D eigenvalue weighted by molar-refractivity contribution is 5.90. The van der Waals surface area contributed by atoms with E-state index >= 15 is 0 Å². The first-order valence-electron chi connectivity index (χ1n) is 6.31. The van der Waals surface area contributed by atoms with Crippen molar-refractivity contribution in [3.8, 4) is 0 Å². The number of nitrogen functional groups attached to an aromatic ring is 1. The second kappa shape index (κ2) is 5.38. The van der Waals surface area contributed by atoms with E-state index in [4.69, 9.17) is 10.5 Å². The van der Waals surface area contributed by atoms with Crippen LogP contribution in [0.2, 0.25) is 0 Å². The third kappa shape index (κ3) is 3.22. The fourth-order valence-corrected chi connectivity index (χ4v) is 2.44. The summed E-state index contributed by atoms with van der Waals surface area (Å²) in [5.41, 5.74) is 5.93. The van der Waals surface area contributed by atoms with Crippen LogP contribution in [0.3, 0.4) is 0 Å². The van der Waals surface area contributed by atoms with Crippen molar-refractivity contribution in [2.45, 2.75) is 38.7 Å². The molecule has 18 heavy (non-hydrogen) atoms. The molecule has 0 aliphatic heterocycles. The Bertz CT molecular complexity index is 427. The Balaban J connectivity index is 2.02. The highest BCUT2D eigenvalue weighted by Crippen LogP contribution is 2.26. The fraction of sp³-hybridized carbons (Fsp3) is 0.500. The summed E-state index contributed by atoms with van der Waals surface area (Å²) < 4.78 is 18.5. The van der Waals surface area contributed by atoms with Crippen LogP contribution in [0.25, 0.3) is 0 Å². The van der Waals surface area contributed by atoms with Crippen molar-refractivity contribution >= 4 is 11.7 Å². The predicted octanol–water partition coefficient (Wildman–Crippen LogP) is 3.14. The molecule has 1 aliphatic rings. The van der Waals surface area contributed by atoms with E-state index in [0.717, 1.165) is 25.3 Å². The topological polar surface area (TPSA) is 52.3 Å². The Morgan fingerprint density at radius 1 is 1.39 bits per heavy atom. The Morgan fingerprint density at radius 2 is 2.17 bits per heavy atom. The Morgan fingerprint density at radius 3 is 2.83 bits per heavy atom. The first-order chi connectivity index (χ1) is 8.54. The third-order valence-electron chi connectivity index (χ3n) is 3.32. The maximum absolute atomic E-state index is 13.1. The summed E-state index contributed by atoms with van der Waals surface area (Å²) in [6, 6.07) is 3.78. The zero-order valence-electron chi connectivity index (χ0n) is 10.5. The van der Waals surface area contributed by atoms with Gasteiger partial charge in [-0.05, 0) is 43.4 Å². The molecule has 1 aliphatic carbocycles. The van der Waals surface area contributed by atoms with Crippen LogP contribution in [-0.2, 0) is 4.74 Å². The quantitative estimate of drug-likeness (QED) is 0.649. The SMILES string of the molecule is CC1CCCC(OC(=O)c2cc(N)cc(F)c2)C1. The van der Waals surface area contributed by atoms with Crippen LogP contribution in [0, 0.1) is 11.7 Å². The van der Waals surface area contributed by atoms with Crippen molar-refractivity contribution in [2.24, 2.45) is 5.92 Å². The van der Waals surface area contributed by atoms with Crippen molar-refractivity contribution in [3.63, 3.8) is 0 Å². The summed E-state index contributed by atoms with van der Waals surface area (Å²) in [5, 5.41) is 0. The van der Waals surface area contributed by atoms with Gasteiger partial charge in [-0.1, -0.05) is 13.3 Å². The summed E-state index contributed by atoms with van der Waals surface area (Å²) in [5.74, 6) is -0.423. The lowest BCUT2D eigenvalue weighted by atomic mass is 9.89. The number of benzene rings is 1. The second-order valence-electron chi connectivity index (χ2n) is 5.07. The molecule has 2 N–H and O–H groups in total. The third-order valence-corrected chi connectivity index (χ3v) is 3.32. The average molecular weight is 251 g/mol. The lowest BCUT2D eigenvalue weighted by Crippen LogP contribution is -2.24. The van der Waals surface area contributed by atoms with Gasteiger partial charge in [-0.3, -0.25) is 0 Å². The van der Waals surface area contributed by atoms with Crippen LogP contribution < -0.4 is 5.73 Å². The number of hydrogen-bond donors (Lipinski definition) is 1. The van der Waals surface area contributed by atoms with Gasteiger partial charge < -0.3 is 10.5 Å². The molecule has 0 aromatic heterocycles. The minimum Gasteiger partial charge on any atom is -0.459 e. The minimum atomic E-state index is -0.515. The van der Waals surface area contributed by atoms with E-state index in [1.54, 1.807) is 0 Å². The molecule has 2 atom stereocenters. The number of carbonyl (C=O) groups is 1. The van der Waals surface area contributed by atoms with E-state index in [-0.39, 0.29) is 17.4 Å². The van der Waals surface area contributed by atoms with Crippen LogP contribution in [0.1, 0.15) is 43.0 Å². The summed E-state index contributed by atoms with van der Waals surface area (Å²) in [6.45, 7) is 2.15. The summed E-state index contributed by atoms with van der Waals surface area (Å²) in [7, 11) is 0. The predicted molar refractivity (Wildman–Crippen MR) is 67.6 cm³/mol. The van der Waals surface area contributed by atoms with Crippen molar-refractivity contribution in [2.75, 3.05) is 5.73 Å². The normalized spacial score (nSPS) is 23.7. The molecule has 98 valence electrons. The summed E-state index contributed by atoms with van der Waals surface area (Å²) in [4.78, 5) is 11.9. The molecule has 2 unspecified atom stereocenters. The van der Waals surface area contributed by atoms with Crippen LogP contribution >= 0.6 is 0 Å². The number of hydrogen-bond acceptors (Lipinski definition) is 3. The summed E-state index contributed by atoms with van der Waals surface area (Å²) >= 11 is 0. The first-order valence-corrected chi connectivity index (χ1v) is 6.31. The highest BCUT2D eigenvalue weighted by Gasteiger charge is 2.23. The van der Waals surface area contributed by atoms with Crippen molar-refractivity contribution < 1.29 is 13.9 Å². The molecule has 1 fully saturated rings. The minimum absolute atomic E-state index is 0.0502. The molecular weight excluding hydrogens is 233 g/mol. The van der Waals surface area contributed by atoms with Gasteiger partial charge in [0, 0.05) is 5.69 Å². The van der Waals surface area contributed by atoms with Gasteiger partial charge >= 0.3 is 5.97 Å². The van der Waals surface area contributed by atoms with Gasteiger partial charge in [0.1, 0.15) is 11.9 Å². The zero-order chi connectivity index (χ0) is 13.1. The number of halogens is 1. The number of esters is 1. The van der Waals surface area contributed by atoms with Gasteiger partial charge in [0.2, 0.25) is 0 Å². The second-order valence-corrected chi connectivity index (χ2v) is 5.07. The van der Waals surface area contributed by atoms with Gasteiger partial charge in [-0.2, -0.15) is 0 Å². The fourth-order valence-electron chi connectivity index (χ4n) is 2.44. The summed E-state index contributed by atoms with van der Waals surface area (Å²) in [6.07, 6.45) is 3.98. The lowest BCUT2D eigenvalue weighted by molar-refractivity contribution is 0.0155. The molecule has 1 saturated carbocycles. The van der Waals surface area contributed by atoms with Crippen molar-refractivity contribution in [1.82, 2.24) is 0 Å². The maximum atomic E-state index is 13.1. The number of rotatable bonds is 2. The standard InChI is InChI=1S/C14H18FNO2/c1-9-3-2-4-13(5-9)18-14(17)10-6-11(15)8-12(16)7-10/h6-9,13H,2-5,16H2,1H3. The van der Waals surface area contributed by atoms with E-state index in [9.17, 15) is 9.18 Å². The Hall–Kier alpha value is -1.58. The molecule has 1 aromatic carbocycles. The van der Waals surface area contributed by atoms with Gasteiger partial charge in [-0.25, -0.2) is 9.18 Å². The molecule has 0 spiro atoms. The van der Waals surface area contributed by atoms with E-state index < -0.39 is 11.8 Å². The van der Waals surface area contributed by atoms with Crippen LogP contribution in [0.15, 0.2) is 18.2 Å². The average Bonchev–Trinajstić information content (AvgIpc) is 2.27. The van der Waals surface area contributed by atoms with Crippen LogP contribution in [0.5, 0.6) is 0 Å². The molecule has 2 rings (SSSR count). The monoisotopic (exact) mass is 251 g/mol. The van der Waals surface area contributed by atoms with Gasteiger partial charge in [0.05, 0.1) is 5.56 Å². The molecule has 0 heterocycles. The van der Waals surface area contributed by atoms with Gasteiger partial charge in [-0.15, -0.1) is 0 Å². The molecule has 0 saturated heterocycles. The molecule has 0 radical (unpaired) electrons. The van der Waals surface area contributed by atoms with Crippen molar-refractivity contribution in [1.29, 1.82) is 0 Å². The van der Waals surface area contributed by atoms with Crippen molar-refractivity contribution in [3.05, 3.63) is 29.6 Å². The molecule has 3 nitrogen and oxygen atoms in total. The Labute approximate surface area is 106 Å². The van der Waals surface area contributed by atoms with E-state index in [1.807, 2.05) is 0 Å².